The van der Waals surface area contributed by atoms with Crippen molar-refractivity contribution in [2.24, 2.45) is 17.7 Å². The van der Waals surface area contributed by atoms with E-state index in [4.69, 9.17) is 5.84 Å². The van der Waals surface area contributed by atoms with Crippen LogP contribution in [0.2, 0.25) is 0 Å². The zero-order chi connectivity index (χ0) is 11.1. The average Bonchev–Trinajstić information content (AvgIpc) is 2.14. The summed E-state index contributed by atoms with van der Waals surface area (Å²) in [4.78, 5) is 0. The lowest BCUT2D eigenvalue weighted by Crippen LogP contribution is -2.42. The fourth-order valence-electron chi connectivity index (χ4n) is 2.79. The van der Waals surface area contributed by atoms with E-state index in [-0.39, 0.29) is 0 Å². The summed E-state index contributed by atoms with van der Waals surface area (Å²) in [7, 11) is 0. The van der Waals surface area contributed by atoms with E-state index in [0.29, 0.717) is 6.04 Å². The molecule has 1 rings (SSSR count). The lowest BCUT2D eigenvalue weighted by molar-refractivity contribution is 0.257. The van der Waals surface area contributed by atoms with E-state index in [0.717, 1.165) is 11.8 Å². The molecule has 1 aliphatic carbocycles. The largest absolute Gasteiger partial charge is 0.271 e. The molecule has 15 heavy (non-hydrogen) atoms. The molecule has 2 nitrogen and oxygen atoms in total. The maximum absolute atomic E-state index is 5.69. The second-order valence-electron chi connectivity index (χ2n) is 5.51. The lowest BCUT2D eigenvalue weighted by atomic mass is 9.83. The van der Waals surface area contributed by atoms with E-state index in [1.807, 2.05) is 0 Å². The molecule has 0 radical (unpaired) electrons. The Hall–Kier alpha value is -0.0800. The predicted molar refractivity (Wildman–Crippen MR) is 66.4 cm³/mol. The maximum atomic E-state index is 5.69. The number of nitrogens with one attached hydrogen (secondary N) is 1. The quantitative estimate of drug-likeness (QED) is 0.554. The first-order valence-electron chi connectivity index (χ1n) is 6.70. The van der Waals surface area contributed by atoms with Crippen LogP contribution in [-0.2, 0) is 0 Å². The molecule has 3 N–H and O–H groups in total. The topological polar surface area (TPSA) is 38.0 Å². The van der Waals surface area contributed by atoms with Gasteiger partial charge in [-0.1, -0.05) is 46.0 Å². The predicted octanol–water partition coefficient (Wildman–Crippen LogP) is 3.22. The molecule has 90 valence electrons. The minimum absolute atomic E-state index is 0.545. The van der Waals surface area contributed by atoms with Crippen molar-refractivity contribution in [2.45, 2.75) is 71.3 Å². The second kappa shape index (κ2) is 7.24. The van der Waals surface area contributed by atoms with Crippen LogP contribution in [-0.4, -0.2) is 6.04 Å². The van der Waals surface area contributed by atoms with E-state index in [1.165, 1.54) is 51.4 Å². The molecule has 0 saturated heterocycles. The molecule has 0 heterocycles. The molecule has 0 aromatic rings. The Labute approximate surface area is 95.0 Å². The van der Waals surface area contributed by atoms with Crippen LogP contribution in [0.3, 0.4) is 0 Å². The molecule has 0 amide bonds. The molecule has 1 atom stereocenters. The summed E-state index contributed by atoms with van der Waals surface area (Å²) in [5.41, 5.74) is 3.05. The summed E-state index contributed by atoms with van der Waals surface area (Å²) < 4.78 is 0. The van der Waals surface area contributed by atoms with Crippen LogP contribution >= 0.6 is 0 Å². The van der Waals surface area contributed by atoms with Crippen molar-refractivity contribution >= 4 is 0 Å². The molecule has 2 heteroatoms. The monoisotopic (exact) mass is 212 g/mol. The van der Waals surface area contributed by atoms with Gasteiger partial charge in [0.15, 0.2) is 0 Å². The molecule has 1 saturated carbocycles. The molecule has 1 unspecified atom stereocenters. The first-order valence-corrected chi connectivity index (χ1v) is 6.70. The van der Waals surface area contributed by atoms with Crippen molar-refractivity contribution < 1.29 is 0 Å². The summed E-state index contributed by atoms with van der Waals surface area (Å²) in [6, 6.07) is 0.545. The summed E-state index contributed by atoms with van der Waals surface area (Å²) in [5.74, 6) is 7.26. The number of hydrogen-bond donors (Lipinski definition) is 2. The van der Waals surface area contributed by atoms with Crippen molar-refractivity contribution in [2.75, 3.05) is 0 Å². The number of hydrazine groups is 1. The molecule has 0 aliphatic heterocycles. The summed E-state index contributed by atoms with van der Waals surface area (Å²) in [5, 5.41) is 0. The molecule has 0 aromatic heterocycles. The zero-order valence-corrected chi connectivity index (χ0v) is 10.5. The third-order valence-electron chi connectivity index (χ3n) is 3.66. The normalized spacial score (nSPS) is 22.4. The molecule has 0 aromatic carbocycles. The van der Waals surface area contributed by atoms with Crippen LogP contribution in [0, 0.1) is 11.8 Å². The van der Waals surface area contributed by atoms with Crippen LogP contribution < -0.4 is 11.3 Å². The SMILES string of the molecule is CC(C)CC(NN)C1CCCCCCC1. The zero-order valence-electron chi connectivity index (χ0n) is 10.5. The van der Waals surface area contributed by atoms with Crippen LogP contribution in [0.25, 0.3) is 0 Å². The minimum atomic E-state index is 0.545. The van der Waals surface area contributed by atoms with Gasteiger partial charge in [0.2, 0.25) is 0 Å². The van der Waals surface area contributed by atoms with E-state index >= 15 is 0 Å². The number of nitrogens with two attached hydrogens (primary N) is 1. The number of rotatable bonds is 4. The van der Waals surface area contributed by atoms with E-state index in [2.05, 4.69) is 19.3 Å². The van der Waals surface area contributed by atoms with Crippen molar-refractivity contribution in [3.05, 3.63) is 0 Å². The van der Waals surface area contributed by atoms with Gasteiger partial charge in [0.25, 0.3) is 0 Å². The van der Waals surface area contributed by atoms with Gasteiger partial charge in [-0.3, -0.25) is 11.3 Å². The Morgan fingerprint density at radius 1 is 1.07 bits per heavy atom. The van der Waals surface area contributed by atoms with Gasteiger partial charge in [0, 0.05) is 6.04 Å². The van der Waals surface area contributed by atoms with Crippen LogP contribution in [0.4, 0.5) is 0 Å². The molecule has 1 fully saturated rings. The second-order valence-corrected chi connectivity index (χ2v) is 5.51. The fourth-order valence-corrected chi connectivity index (χ4v) is 2.79. The van der Waals surface area contributed by atoms with Gasteiger partial charge >= 0.3 is 0 Å². The standard InChI is InChI=1S/C13H28N2/c1-11(2)10-13(15-14)12-8-6-4-3-5-7-9-12/h11-13,15H,3-10,14H2,1-2H3. The van der Waals surface area contributed by atoms with Crippen LogP contribution in [0.15, 0.2) is 0 Å². The van der Waals surface area contributed by atoms with Crippen molar-refractivity contribution in [1.29, 1.82) is 0 Å². The lowest BCUT2D eigenvalue weighted by Gasteiger charge is -2.29. The van der Waals surface area contributed by atoms with Crippen molar-refractivity contribution in [3.8, 4) is 0 Å². The van der Waals surface area contributed by atoms with Gasteiger partial charge in [-0.15, -0.1) is 0 Å². The Kier molecular flexibility index (Phi) is 6.26. The fraction of sp³-hybridized carbons (Fsp3) is 1.00. The Balaban J connectivity index is 2.40. The molecule has 1 aliphatic rings. The summed E-state index contributed by atoms with van der Waals surface area (Å²) in [6.45, 7) is 4.57. The Morgan fingerprint density at radius 3 is 2.07 bits per heavy atom. The highest BCUT2D eigenvalue weighted by atomic mass is 15.2. The van der Waals surface area contributed by atoms with Gasteiger partial charge in [-0.25, -0.2) is 0 Å². The smallest absolute Gasteiger partial charge is 0.0241 e. The highest BCUT2D eigenvalue weighted by Crippen LogP contribution is 2.27. The van der Waals surface area contributed by atoms with Gasteiger partial charge in [0.05, 0.1) is 0 Å². The number of hydrogen-bond acceptors (Lipinski definition) is 2. The van der Waals surface area contributed by atoms with Gasteiger partial charge in [-0.05, 0) is 31.1 Å². The molecule has 0 spiro atoms. The Bertz CT molecular complexity index is 149. The van der Waals surface area contributed by atoms with Gasteiger partial charge in [0.1, 0.15) is 0 Å². The van der Waals surface area contributed by atoms with Crippen molar-refractivity contribution in [1.82, 2.24) is 5.43 Å². The average molecular weight is 212 g/mol. The van der Waals surface area contributed by atoms with Gasteiger partial charge in [-0.2, -0.15) is 0 Å². The van der Waals surface area contributed by atoms with Crippen LogP contribution in [0.5, 0.6) is 0 Å². The summed E-state index contributed by atoms with van der Waals surface area (Å²) >= 11 is 0. The van der Waals surface area contributed by atoms with Crippen molar-refractivity contribution in [3.63, 3.8) is 0 Å². The summed E-state index contributed by atoms with van der Waals surface area (Å²) in [6.07, 6.45) is 11.1. The first-order chi connectivity index (χ1) is 7.24. The maximum Gasteiger partial charge on any atom is 0.0241 e. The molecule has 0 bridgehead atoms. The first kappa shape index (κ1) is 13.0. The minimum Gasteiger partial charge on any atom is -0.271 e. The van der Waals surface area contributed by atoms with E-state index < -0.39 is 0 Å². The molecular formula is C13H28N2. The highest BCUT2D eigenvalue weighted by molar-refractivity contribution is 4.77. The third-order valence-corrected chi connectivity index (χ3v) is 3.66. The van der Waals surface area contributed by atoms with Gasteiger partial charge < -0.3 is 0 Å². The van der Waals surface area contributed by atoms with Crippen LogP contribution in [0.1, 0.15) is 65.2 Å². The third kappa shape index (κ3) is 4.98. The highest BCUT2D eigenvalue weighted by Gasteiger charge is 2.21. The van der Waals surface area contributed by atoms with E-state index in [1.54, 1.807) is 0 Å². The Morgan fingerprint density at radius 2 is 1.60 bits per heavy atom. The van der Waals surface area contributed by atoms with E-state index in [9.17, 15) is 0 Å². The molecular weight excluding hydrogens is 184 g/mol.